The second kappa shape index (κ2) is 9.33. The van der Waals surface area contributed by atoms with Crippen molar-refractivity contribution in [3.8, 4) is 22.8 Å². The Bertz CT molecular complexity index is 1320. The molecule has 0 aliphatic carbocycles. The molecule has 0 aliphatic rings. The second-order valence-electron chi connectivity index (χ2n) is 6.88. The van der Waals surface area contributed by atoms with Gasteiger partial charge in [0.2, 0.25) is 11.8 Å². The highest BCUT2D eigenvalue weighted by molar-refractivity contribution is 7.98. The topological polar surface area (TPSA) is 82.5 Å². The molecule has 2 aromatic carbocycles. The monoisotopic (exact) mass is 460 g/mol. The quantitative estimate of drug-likeness (QED) is 0.301. The van der Waals surface area contributed by atoms with Crippen molar-refractivity contribution in [3.05, 3.63) is 95.6 Å². The van der Waals surface area contributed by atoms with Crippen LogP contribution >= 0.6 is 23.4 Å². The molecule has 3 aromatic heterocycles. The smallest absolute Gasteiger partial charge is 0.249 e. The maximum atomic E-state index is 6.24. The molecule has 0 radical (unpaired) electrons. The van der Waals surface area contributed by atoms with Crippen LogP contribution in [0.4, 0.5) is 0 Å². The van der Waals surface area contributed by atoms with Gasteiger partial charge in [0, 0.05) is 18.0 Å². The molecule has 5 aromatic rings. The van der Waals surface area contributed by atoms with E-state index in [0.29, 0.717) is 34.7 Å². The first-order chi connectivity index (χ1) is 15.8. The fourth-order valence-electron chi connectivity index (χ4n) is 3.20. The van der Waals surface area contributed by atoms with E-state index in [2.05, 4.69) is 42.1 Å². The van der Waals surface area contributed by atoms with E-state index in [1.165, 1.54) is 11.8 Å². The Kier molecular flexibility index (Phi) is 5.96. The average Bonchev–Trinajstić information content (AvgIpc) is 3.46. The Hall–Kier alpha value is -3.49. The van der Waals surface area contributed by atoms with Gasteiger partial charge in [-0.3, -0.25) is 9.55 Å². The van der Waals surface area contributed by atoms with Crippen molar-refractivity contribution in [2.45, 2.75) is 17.5 Å². The van der Waals surface area contributed by atoms with Gasteiger partial charge in [0.05, 0.1) is 22.9 Å². The van der Waals surface area contributed by atoms with Gasteiger partial charge in [-0.1, -0.05) is 65.8 Å². The molecule has 3 heterocycles. The molecular formula is C23H17ClN6OS. The Morgan fingerprint density at radius 3 is 2.44 bits per heavy atom. The number of rotatable bonds is 7. The zero-order valence-electron chi connectivity index (χ0n) is 16.8. The van der Waals surface area contributed by atoms with Gasteiger partial charge in [0.25, 0.3) is 0 Å². The van der Waals surface area contributed by atoms with Crippen LogP contribution in [0, 0.1) is 0 Å². The molecule has 0 saturated carbocycles. The van der Waals surface area contributed by atoms with Gasteiger partial charge in [0.15, 0.2) is 11.0 Å². The number of hydrogen-bond donors (Lipinski definition) is 0. The highest BCUT2D eigenvalue weighted by Gasteiger charge is 2.17. The molecule has 0 fully saturated rings. The average molecular weight is 461 g/mol. The molecule has 0 bridgehead atoms. The summed E-state index contributed by atoms with van der Waals surface area (Å²) in [5, 5.41) is 18.5. The lowest BCUT2D eigenvalue weighted by atomic mass is 10.2. The minimum Gasteiger partial charge on any atom is -0.420 e. The van der Waals surface area contributed by atoms with Crippen LogP contribution in [0.5, 0.6) is 0 Å². The van der Waals surface area contributed by atoms with Crippen molar-refractivity contribution in [2.75, 3.05) is 0 Å². The standard InChI is InChI=1S/C23H17ClN6OS/c24-19-9-5-4-8-18(19)22-28-26-20(31-22)15-32-23-29-27-21(17-10-12-25-13-11-17)30(23)14-16-6-2-1-3-7-16/h1-13H,14-15H2. The zero-order chi connectivity index (χ0) is 21.8. The minimum absolute atomic E-state index is 0.398. The predicted molar refractivity (Wildman–Crippen MR) is 123 cm³/mol. The molecule has 7 nitrogen and oxygen atoms in total. The number of nitrogens with zero attached hydrogens (tertiary/aromatic N) is 6. The van der Waals surface area contributed by atoms with Crippen LogP contribution in [0.1, 0.15) is 11.5 Å². The first-order valence-electron chi connectivity index (χ1n) is 9.85. The van der Waals surface area contributed by atoms with Crippen LogP contribution in [0.2, 0.25) is 5.02 Å². The third-order valence-electron chi connectivity index (χ3n) is 4.73. The summed E-state index contributed by atoms with van der Waals surface area (Å²) in [7, 11) is 0. The van der Waals surface area contributed by atoms with Gasteiger partial charge in [-0.15, -0.1) is 20.4 Å². The van der Waals surface area contributed by atoms with Gasteiger partial charge in [-0.2, -0.15) is 0 Å². The molecule has 0 atom stereocenters. The first kappa shape index (κ1) is 20.4. The molecule has 0 amide bonds. The summed E-state index contributed by atoms with van der Waals surface area (Å²) >= 11 is 7.73. The van der Waals surface area contributed by atoms with Crippen molar-refractivity contribution in [1.82, 2.24) is 29.9 Å². The van der Waals surface area contributed by atoms with E-state index >= 15 is 0 Å². The fraction of sp³-hybridized carbons (Fsp3) is 0.0870. The Morgan fingerprint density at radius 2 is 1.62 bits per heavy atom. The predicted octanol–water partition coefficient (Wildman–Crippen LogP) is 5.38. The summed E-state index contributed by atoms with van der Waals surface area (Å²) in [6.07, 6.45) is 3.50. The lowest BCUT2D eigenvalue weighted by Gasteiger charge is -2.10. The number of halogens is 1. The molecule has 0 spiro atoms. The first-order valence-corrected chi connectivity index (χ1v) is 11.2. The summed E-state index contributed by atoms with van der Waals surface area (Å²) < 4.78 is 7.91. The number of hydrogen-bond acceptors (Lipinski definition) is 7. The Labute approximate surface area is 193 Å². The van der Waals surface area contributed by atoms with Crippen molar-refractivity contribution in [2.24, 2.45) is 0 Å². The Balaban J connectivity index is 1.40. The van der Waals surface area contributed by atoms with E-state index in [4.69, 9.17) is 16.0 Å². The summed E-state index contributed by atoms with van der Waals surface area (Å²) in [6.45, 7) is 0.641. The fourth-order valence-corrected chi connectivity index (χ4v) is 4.19. The summed E-state index contributed by atoms with van der Waals surface area (Å²) in [5.41, 5.74) is 2.82. The van der Waals surface area contributed by atoms with Crippen LogP contribution in [-0.4, -0.2) is 29.9 Å². The van der Waals surface area contributed by atoms with E-state index in [1.807, 2.05) is 48.5 Å². The number of pyridine rings is 1. The molecule has 32 heavy (non-hydrogen) atoms. The number of benzene rings is 2. The summed E-state index contributed by atoms with van der Waals surface area (Å²) in [5.74, 6) is 2.13. The molecular weight excluding hydrogens is 444 g/mol. The van der Waals surface area contributed by atoms with Crippen LogP contribution < -0.4 is 0 Å². The van der Waals surface area contributed by atoms with Crippen LogP contribution in [0.3, 0.4) is 0 Å². The maximum absolute atomic E-state index is 6.24. The summed E-state index contributed by atoms with van der Waals surface area (Å²) in [4.78, 5) is 4.10. The highest BCUT2D eigenvalue weighted by atomic mass is 35.5. The molecule has 0 aliphatic heterocycles. The van der Waals surface area contributed by atoms with Crippen molar-refractivity contribution < 1.29 is 4.42 Å². The van der Waals surface area contributed by atoms with Gasteiger partial charge in [-0.05, 0) is 29.8 Å². The third-order valence-corrected chi connectivity index (χ3v) is 6.02. The van der Waals surface area contributed by atoms with Crippen LogP contribution in [0.15, 0.2) is 88.7 Å². The van der Waals surface area contributed by atoms with Gasteiger partial charge in [0.1, 0.15) is 0 Å². The lowest BCUT2D eigenvalue weighted by Crippen LogP contribution is -2.04. The Morgan fingerprint density at radius 1 is 0.844 bits per heavy atom. The normalized spacial score (nSPS) is 11.0. The van der Waals surface area contributed by atoms with E-state index in [1.54, 1.807) is 18.5 Å². The van der Waals surface area contributed by atoms with Gasteiger partial charge >= 0.3 is 0 Å². The number of aromatic nitrogens is 6. The third kappa shape index (κ3) is 4.42. The molecule has 0 N–H and O–H groups in total. The zero-order valence-corrected chi connectivity index (χ0v) is 18.4. The van der Waals surface area contributed by atoms with E-state index < -0.39 is 0 Å². The highest BCUT2D eigenvalue weighted by Crippen LogP contribution is 2.30. The van der Waals surface area contributed by atoms with Crippen LogP contribution in [-0.2, 0) is 12.3 Å². The van der Waals surface area contributed by atoms with Crippen molar-refractivity contribution in [1.29, 1.82) is 0 Å². The number of thioether (sulfide) groups is 1. The maximum Gasteiger partial charge on any atom is 0.249 e. The van der Waals surface area contributed by atoms with Crippen molar-refractivity contribution in [3.63, 3.8) is 0 Å². The molecule has 0 unspecified atom stereocenters. The summed E-state index contributed by atoms with van der Waals surface area (Å²) in [6, 6.07) is 21.4. The molecule has 158 valence electrons. The minimum atomic E-state index is 0.398. The van der Waals surface area contributed by atoms with Gasteiger partial charge < -0.3 is 4.42 Å². The van der Waals surface area contributed by atoms with Gasteiger partial charge in [-0.25, -0.2) is 0 Å². The molecule has 9 heteroatoms. The van der Waals surface area contributed by atoms with E-state index in [0.717, 1.165) is 22.1 Å². The van der Waals surface area contributed by atoms with Crippen LogP contribution in [0.25, 0.3) is 22.8 Å². The lowest BCUT2D eigenvalue weighted by molar-refractivity contribution is 0.528. The van der Waals surface area contributed by atoms with E-state index in [-0.39, 0.29) is 0 Å². The largest absolute Gasteiger partial charge is 0.420 e. The molecule has 0 saturated heterocycles. The second-order valence-corrected chi connectivity index (χ2v) is 8.23. The van der Waals surface area contributed by atoms with Crippen molar-refractivity contribution >= 4 is 23.4 Å². The molecule has 5 rings (SSSR count). The van der Waals surface area contributed by atoms with E-state index in [9.17, 15) is 0 Å². The SMILES string of the molecule is Clc1ccccc1-c1nnc(CSc2nnc(-c3ccncc3)n2Cc2ccccc2)o1.